The Labute approximate surface area is 121 Å². The summed E-state index contributed by atoms with van der Waals surface area (Å²) in [5.74, 6) is 0.374. The van der Waals surface area contributed by atoms with Gasteiger partial charge in [0.15, 0.2) is 5.82 Å². The van der Waals surface area contributed by atoms with E-state index >= 15 is 0 Å². The van der Waals surface area contributed by atoms with Gasteiger partial charge >= 0.3 is 0 Å². The highest BCUT2D eigenvalue weighted by atomic mass is 35.5. The highest BCUT2D eigenvalue weighted by Gasteiger charge is 2.32. The number of carbonyl (C=O) groups excluding carboxylic acids is 1. The van der Waals surface area contributed by atoms with Crippen LogP contribution in [0.4, 0.5) is 11.5 Å². The Hall–Kier alpha value is -2.14. The molecule has 1 aliphatic carbocycles. The van der Waals surface area contributed by atoms with Crippen LogP contribution < -0.4 is 10.6 Å². The first-order valence-electron chi connectivity index (χ1n) is 6.26. The van der Waals surface area contributed by atoms with Crippen molar-refractivity contribution in [1.29, 1.82) is 0 Å². The van der Waals surface area contributed by atoms with Gasteiger partial charge in [-0.1, -0.05) is 17.7 Å². The summed E-state index contributed by atoms with van der Waals surface area (Å²) in [4.78, 5) is 20.3. The predicted octanol–water partition coefficient (Wildman–Crippen LogP) is 2.45. The number of fused-ring (bicyclic) bond motifs is 1. The van der Waals surface area contributed by atoms with Gasteiger partial charge < -0.3 is 10.6 Å². The van der Waals surface area contributed by atoms with Crippen LogP contribution in [0.15, 0.2) is 30.7 Å². The third kappa shape index (κ3) is 2.20. The summed E-state index contributed by atoms with van der Waals surface area (Å²) in [6.07, 6.45) is 3.75. The number of hydrogen-bond donors (Lipinski definition) is 2. The maximum atomic E-state index is 12.3. The molecule has 1 atom stereocenters. The molecule has 5 nitrogen and oxygen atoms in total. The van der Waals surface area contributed by atoms with E-state index in [1.54, 1.807) is 13.2 Å². The standard InChI is InChI=1S/C14H13ClN4O/c1-16-13-12(6-17-7-18-13)19-14(20)11-4-8-2-3-9(15)5-10(8)11/h2-3,5-7,11H,4H2,1H3,(H,19,20)(H,16,17,18). The molecule has 0 spiro atoms. The lowest BCUT2D eigenvalue weighted by atomic mass is 9.77. The lowest BCUT2D eigenvalue weighted by molar-refractivity contribution is -0.118. The second-order valence-electron chi connectivity index (χ2n) is 4.62. The Morgan fingerprint density at radius 3 is 3.10 bits per heavy atom. The number of carbonyl (C=O) groups is 1. The minimum atomic E-state index is -0.159. The van der Waals surface area contributed by atoms with E-state index in [1.165, 1.54) is 11.9 Å². The van der Waals surface area contributed by atoms with Crippen LogP contribution >= 0.6 is 11.6 Å². The number of aromatic nitrogens is 2. The molecule has 0 saturated heterocycles. The molecule has 1 unspecified atom stereocenters. The van der Waals surface area contributed by atoms with Gasteiger partial charge in [-0.15, -0.1) is 0 Å². The molecule has 0 saturated carbocycles. The zero-order valence-corrected chi connectivity index (χ0v) is 11.6. The van der Waals surface area contributed by atoms with E-state index in [2.05, 4.69) is 20.6 Å². The zero-order chi connectivity index (χ0) is 14.1. The fourth-order valence-corrected chi connectivity index (χ4v) is 2.53. The minimum Gasteiger partial charge on any atom is -0.371 e. The minimum absolute atomic E-state index is 0.0638. The van der Waals surface area contributed by atoms with Crippen molar-refractivity contribution in [2.75, 3.05) is 17.7 Å². The Morgan fingerprint density at radius 1 is 1.45 bits per heavy atom. The molecule has 0 bridgehead atoms. The van der Waals surface area contributed by atoms with E-state index in [9.17, 15) is 4.79 Å². The van der Waals surface area contributed by atoms with Gasteiger partial charge in [-0.25, -0.2) is 9.97 Å². The molecule has 0 aliphatic heterocycles. The number of halogens is 1. The van der Waals surface area contributed by atoms with Gasteiger partial charge in [0.1, 0.15) is 12.0 Å². The predicted molar refractivity (Wildman–Crippen MR) is 78.1 cm³/mol. The fourth-order valence-electron chi connectivity index (χ4n) is 2.35. The average molecular weight is 289 g/mol. The number of benzene rings is 1. The van der Waals surface area contributed by atoms with E-state index in [0.717, 1.165) is 12.0 Å². The smallest absolute Gasteiger partial charge is 0.232 e. The zero-order valence-electron chi connectivity index (χ0n) is 10.9. The summed E-state index contributed by atoms with van der Waals surface area (Å²) in [7, 11) is 1.75. The second-order valence-corrected chi connectivity index (χ2v) is 5.06. The van der Waals surface area contributed by atoms with Gasteiger partial charge in [0.2, 0.25) is 5.91 Å². The second kappa shape index (κ2) is 5.09. The lowest BCUT2D eigenvalue weighted by Gasteiger charge is -2.29. The topological polar surface area (TPSA) is 66.9 Å². The van der Waals surface area contributed by atoms with Crippen LogP contribution in [0.25, 0.3) is 0 Å². The summed E-state index contributed by atoms with van der Waals surface area (Å²) in [5, 5.41) is 6.42. The van der Waals surface area contributed by atoms with Crippen molar-refractivity contribution >= 4 is 29.0 Å². The fraction of sp³-hybridized carbons (Fsp3) is 0.214. The van der Waals surface area contributed by atoms with Crippen molar-refractivity contribution in [2.45, 2.75) is 12.3 Å². The van der Waals surface area contributed by atoms with Crippen molar-refractivity contribution in [3.05, 3.63) is 46.9 Å². The lowest BCUT2D eigenvalue weighted by Crippen LogP contribution is -2.30. The summed E-state index contributed by atoms with van der Waals surface area (Å²) in [5.41, 5.74) is 2.75. The molecule has 2 N–H and O–H groups in total. The van der Waals surface area contributed by atoms with Crippen molar-refractivity contribution < 1.29 is 4.79 Å². The number of amides is 1. The third-order valence-electron chi connectivity index (χ3n) is 3.43. The van der Waals surface area contributed by atoms with Crippen LogP contribution in [-0.4, -0.2) is 22.9 Å². The van der Waals surface area contributed by atoms with Crippen LogP contribution in [0.2, 0.25) is 5.02 Å². The van der Waals surface area contributed by atoms with E-state index in [-0.39, 0.29) is 11.8 Å². The Bertz CT molecular complexity index is 674. The van der Waals surface area contributed by atoms with Crippen molar-refractivity contribution in [2.24, 2.45) is 0 Å². The van der Waals surface area contributed by atoms with Crippen LogP contribution in [0.3, 0.4) is 0 Å². The van der Waals surface area contributed by atoms with Gasteiger partial charge in [0, 0.05) is 12.1 Å². The first-order chi connectivity index (χ1) is 9.69. The molecule has 1 aromatic carbocycles. The van der Waals surface area contributed by atoms with Gasteiger partial charge in [-0.05, 0) is 29.7 Å². The highest BCUT2D eigenvalue weighted by Crippen LogP contribution is 2.37. The maximum absolute atomic E-state index is 12.3. The van der Waals surface area contributed by atoms with Crippen LogP contribution in [-0.2, 0) is 11.2 Å². The molecule has 6 heteroatoms. The molecular formula is C14H13ClN4O. The van der Waals surface area contributed by atoms with Gasteiger partial charge in [0.05, 0.1) is 12.1 Å². The SMILES string of the molecule is CNc1ncncc1NC(=O)C1Cc2ccc(Cl)cc21. The number of nitrogens with one attached hydrogen (secondary N) is 2. The summed E-state index contributed by atoms with van der Waals surface area (Å²) < 4.78 is 0. The van der Waals surface area contributed by atoms with Crippen LogP contribution in [0.5, 0.6) is 0 Å². The Balaban J connectivity index is 1.78. The number of hydrogen-bond acceptors (Lipinski definition) is 4. The van der Waals surface area contributed by atoms with E-state index in [0.29, 0.717) is 16.5 Å². The molecule has 20 heavy (non-hydrogen) atoms. The Kier molecular flexibility index (Phi) is 3.28. The monoisotopic (exact) mass is 288 g/mol. The molecule has 1 amide bonds. The number of nitrogens with zero attached hydrogens (tertiary/aromatic N) is 2. The van der Waals surface area contributed by atoms with Crippen LogP contribution in [0, 0.1) is 0 Å². The molecule has 1 aliphatic rings. The average Bonchev–Trinajstić information content (AvgIpc) is 2.43. The van der Waals surface area contributed by atoms with Gasteiger partial charge in [-0.3, -0.25) is 4.79 Å². The molecule has 3 rings (SSSR count). The third-order valence-corrected chi connectivity index (χ3v) is 3.67. The molecule has 0 fully saturated rings. The number of rotatable bonds is 3. The molecule has 1 aromatic heterocycles. The molecule has 2 aromatic rings. The van der Waals surface area contributed by atoms with Crippen LogP contribution in [0.1, 0.15) is 17.0 Å². The highest BCUT2D eigenvalue weighted by molar-refractivity contribution is 6.30. The molecule has 0 radical (unpaired) electrons. The van der Waals surface area contributed by atoms with Crippen molar-refractivity contribution in [3.8, 4) is 0 Å². The molecular weight excluding hydrogens is 276 g/mol. The summed E-state index contributed by atoms with van der Waals surface area (Å²) >= 11 is 5.97. The quantitative estimate of drug-likeness (QED) is 0.910. The van der Waals surface area contributed by atoms with E-state index in [4.69, 9.17) is 11.6 Å². The number of anilines is 2. The molecule has 102 valence electrons. The maximum Gasteiger partial charge on any atom is 0.232 e. The van der Waals surface area contributed by atoms with Gasteiger partial charge in [-0.2, -0.15) is 0 Å². The first-order valence-corrected chi connectivity index (χ1v) is 6.64. The normalized spacial score (nSPS) is 16.0. The summed E-state index contributed by atoms with van der Waals surface area (Å²) in [6.45, 7) is 0. The van der Waals surface area contributed by atoms with Gasteiger partial charge in [0.25, 0.3) is 0 Å². The van der Waals surface area contributed by atoms with E-state index < -0.39 is 0 Å². The van der Waals surface area contributed by atoms with Crippen molar-refractivity contribution in [3.63, 3.8) is 0 Å². The first kappa shape index (κ1) is 12.9. The van der Waals surface area contributed by atoms with Crippen molar-refractivity contribution in [1.82, 2.24) is 9.97 Å². The van der Waals surface area contributed by atoms with E-state index in [1.807, 2.05) is 18.2 Å². The largest absolute Gasteiger partial charge is 0.371 e. The Morgan fingerprint density at radius 2 is 2.30 bits per heavy atom. The molecule has 1 heterocycles. The summed E-state index contributed by atoms with van der Waals surface area (Å²) in [6, 6.07) is 5.66.